The number of benzene rings is 2. The van der Waals surface area contributed by atoms with Gasteiger partial charge in [-0.25, -0.2) is 5.84 Å². The van der Waals surface area contributed by atoms with Gasteiger partial charge in [-0.3, -0.25) is 19.9 Å². The third-order valence-corrected chi connectivity index (χ3v) is 5.19. The topological polar surface area (TPSA) is 115 Å². The van der Waals surface area contributed by atoms with Gasteiger partial charge in [0, 0.05) is 23.4 Å². The molecule has 9 heteroatoms. The summed E-state index contributed by atoms with van der Waals surface area (Å²) in [5, 5.41) is 2.91. The van der Waals surface area contributed by atoms with Crippen LogP contribution < -0.4 is 30.8 Å². The Morgan fingerprint density at radius 1 is 1.24 bits per heavy atom. The average Bonchev–Trinajstić information content (AvgIpc) is 3.20. The van der Waals surface area contributed by atoms with Crippen LogP contribution in [0.15, 0.2) is 30.3 Å². The number of amides is 2. The van der Waals surface area contributed by atoms with Crippen LogP contribution in [0.2, 0.25) is 0 Å². The summed E-state index contributed by atoms with van der Waals surface area (Å²) >= 11 is 0. The van der Waals surface area contributed by atoms with E-state index in [1.165, 1.54) is 0 Å². The molecule has 2 aromatic rings. The van der Waals surface area contributed by atoms with Crippen LogP contribution in [0.5, 0.6) is 17.2 Å². The number of fused-ring (bicyclic) bond motifs is 2. The minimum Gasteiger partial charge on any atom is -0.492 e. The van der Waals surface area contributed by atoms with Crippen LogP contribution in [0.4, 0.5) is 5.69 Å². The van der Waals surface area contributed by atoms with Gasteiger partial charge in [0.1, 0.15) is 6.04 Å². The zero-order valence-corrected chi connectivity index (χ0v) is 16.2. The van der Waals surface area contributed by atoms with E-state index < -0.39 is 11.9 Å². The molecule has 0 aromatic heterocycles. The van der Waals surface area contributed by atoms with Gasteiger partial charge in [0.25, 0.3) is 5.91 Å². The van der Waals surface area contributed by atoms with Crippen molar-refractivity contribution in [2.24, 2.45) is 5.84 Å². The Bertz CT molecular complexity index is 960. The number of nitrogens with two attached hydrogens (primary N) is 1. The molecule has 0 spiro atoms. The first-order valence-corrected chi connectivity index (χ1v) is 9.15. The lowest BCUT2D eigenvalue weighted by Gasteiger charge is -2.34. The molecule has 29 heavy (non-hydrogen) atoms. The molecular formula is C20H22N4O5. The SMILES string of the molecule is COc1c2c(cc3c1C(C(=O)Nc1ccc(C(=O)NN)cc1)N(C)CC3)OCO2. The number of ether oxygens (including phenoxy) is 3. The van der Waals surface area contributed by atoms with Crippen molar-refractivity contribution in [3.05, 3.63) is 47.0 Å². The number of hydrogen-bond acceptors (Lipinski definition) is 7. The fraction of sp³-hybridized carbons (Fsp3) is 0.300. The highest BCUT2D eigenvalue weighted by molar-refractivity contribution is 5.98. The predicted octanol–water partition coefficient (Wildman–Crippen LogP) is 1.20. The lowest BCUT2D eigenvalue weighted by Crippen LogP contribution is -2.40. The molecule has 152 valence electrons. The first kappa shape index (κ1) is 19.0. The summed E-state index contributed by atoms with van der Waals surface area (Å²) in [6.45, 7) is 0.841. The van der Waals surface area contributed by atoms with Gasteiger partial charge in [0.05, 0.1) is 7.11 Å². The van der Waals surface area contributed by atoms with Crippen LogP contribution >= 0.6 is 0 Å². The molecule has 0 radical (unpaired) electrons. The summed E-state index contributed by atoms with van der Waals surface area (Å²) in [7, 11) is 3.45. The zero-order chi connectivity index (χ0) is 20.5. The Morgan fingerprint density at radius 3 is 2.69 bits per heavy atom. The molecule has 0 aliphatic carbocycles. The van der Waals surface area contributed by atoms with Crippen LogP contribution in [0, 0.1) is 0 Å². The summed E-state index contributed by atoms with van der Waals surface area (Å²) < 4.78 is 16.7. The molecule has 2 aromatic carbocycles. The highest BCUT2D eigenvalue weighted by Gasteiger charge is 2.37. The third-order valence-electron chi connectivity index (χ3n) is 5.19. The van der Waals surface area contributed by atoms with Crippen molar-refractivity contribution in [1.82, 2.24) is 10.3 Å². The van der Waals surface area contributed by atoms with Crippen molar-refractivity contribution in [2.75, 3.05) is 32.8 Å². The molecule has 4 N–H and O–H groups in total. The number of nitrogen functional groups attached to an aromatic ring is 1. The molecule has 1 atom stereocenters. The molecule has 2 amide bonds. The monoisotopic (exact) mass is 398 g/mol. The van der Waals surface area contributed by atoms with E-state index in [1.54, 1.807) is 31.4 Å². The van der Waals surface area contributed by atoms with Crippen molar-refractivity contribution in [2.45, 2.75) is 12.5 Å². The van der Waals surface area contributed by atoms with E-state index in [0.717, 1.165) is 17.5 Å². The number of rotatable bonds is 4. The van der Waals surface area contributed by atoms with Crippen LogP contribution in [-0.4, -0.2) is 44.2 Å². The summed E-state index contributed by atoms with van der Waals surface area (Å²) in [6, 6.07) is 7.86. The summed E-state index contributed by atoms with van der Waals surface area (Å²) in [4.78, 5) is 26.7. The number of nitrogens with one attached hydrogen (secondary N) is 2. The van der Waals surface area contributed by atoms with Gasteiger partial charge in [0.15, 0.2) is 11.5 Å². The Balaban J connectivity index is 1.65. The maximum Gasteiger partial charge on any atom is 0.265 e. The second-order valence-electron chi connectivity index (χ2n) is 6.89. The number of likely N-dealkylation sites (N-methyl/N-ethyl adjacent to an activating group) is 1. The van der Waals surface area contributed by atoms with E-state index in [1.807, 2.05) is 18.0 Å². The Morgan fingerprint density at radius 2 is 2.00 bits per heavy atom. The second kappa shape index (κ2) is 7.61. The fourth-order valence-electron chi connectivity index (χ4n) is 3.76. The van der Waals surface area contributed by atoms with Crippen molar-refractivity contribution in [3.8, 4) is 17.2 Å². The van der Waals surface area contributed by atoms with E-state index in [4.69, 9.17) is 20.1 Å². The van der Waals surface area contributed by atoms with Crippen LogP contribution in [0.1, 0.15) is 27.5 Å². The zero-order valence-electron chi connectivity index (χ0n) is 16.2. The van der Waals surface area contributed by atoms with Gasteiger partial charge in [0.2, 0.25) is 18.4 Å². The van der Waals surface area contributed by atoms with Crippen LogP contribution in [0.25, 0.3) is 0 Å². The van der Waals surface area contributed by atoms with Gasteiger partial charge >= 0.3 is 0 Å². The van der Waals surface area contributed by atoms with E-state index in [-0.39, 0.29) is 12.7 Å². The average molecular weight is 398 g/mol. The van der Waals surface area contributed by atoms with Crippen molar-refractivity contribution >= 4 is 17.5 Å². The van der Waals surface area contributed by atoms with E-state index in [0.29, 0.717) is 35.0 Å². The predicted molar refractivity (Wildman–Crippen MR) is 105 cm³/mol. The second-order valence-corrected chi connectivity index (χ2v) is 6.89. The van der Waals surface area contributed by atoms with Crippen molar-refractivity contribution in [1.29, 1.82) is 0 Å². The minimum absolute atomic E-state index is 0.129. The quantitative estimate of drug-likeness (QED) is 0.403. The van der Waals surface area contributed by atoms with Gasteiger partial charge < -0.3 is 19.5 Å². The molecule has 2 aliphatic heterocycles. The molecule has 2 aliphatic rings. The first-order chi connectivity index (χ1) is 14.0. The standard InChI is InChI=1S/C20H22N4O5/c1-24-8-7-12-9-14-17(29-10-28-14)18(27-2)15(12)16(24)20(26)22-13-5-3-11(4-6-13)19(25)23-21/h3-6,9,16H,7-8,10,21H2,1-2H3,(H,22,26)(H,23,25). The molecule has 2 heterocycles. The Hall–Kier alpha value is -3.30. The number of anilines is 1. The lowest BCUT2D eigenvalue weighted by atomic mass is 9.90. The van der Waals surface area contributed by atoms with Crippen molar-refractivity contribution < 1.29 is 23.8 Å². The summed E-state index contributed by atoms with van der Waals surface area (Å²) in [5.41, 5.74) is 4.83. The van der Waals surface area contributed by atoms with Gasteiger partial charge in [-0.1, -0.05) is 0 Å². The Kier molecular flexibility index (Phi) is 4.99. The lowest BCUT2D eigenvalue weighted by molar-refractivity contribution is -0.121. The van der Waals surface area contributed by atoms with Gasteiger partial charge in [-0.05, 0) is 49.4 Å². The van der Waals surface area contributed by atoms with E-state index in [2.05, 4.69) is 10.7 Å². The summed E-state index contributed by atoms with van der Waals surface area (Å²) in [5.74, 6) is 6.22. The van der Waals surface area contributed by atoms with Crippen LogP contribution in [0.3, 0.4) is 0 Å². The largest absolute Gasteiger partial charge is 0.492 e. The third kappa shape index (κ3) is 3.34. The first-order valence-electron chi connectivity index (χ1n) is 9.15. The summed E-state index contributed by atoms with van der Waals surface area (Å²) in [6.07, 6.45) is 0.769. The number of hydrogen-bond donors (Lipinski definition) is 3. The smallest absolute Gasteiger partial charge is 0.265 e. The molecule has 4 rings (SSSR count). The number of methoxy groups -OCH3 is 1. The Labute approximate surface area is 167 Å². The van der Waals surface area contributed by atoms with Gasteiger partial charge in [-0.15, -0.1) is 0 Å². The molecule has 0 fully saturated rings. The molecule has 0 saturated carbocycles. The molecular weight excluding hydrogens is 376 g/mol. The normalized spacial score (nSPS) is 17.4. The number of hydrazine groups is 1. The maximum absolute atomic E-state index is 13.2. The highest BCUT2D eigenvalue weighted by atomic mass is 16.7. The molecule has 0 saturated heterocycles. The maximum atomic E-state index is 13.2. The minimum atomic E-state index is -0.560. The van der Waals surface area contributed by atoms with Gasteiger partial charge in [-0.2, -0.15) is 0 Å². The van der Waals surface area contributed by atoms with Crippen molar-refractivity contribution in [3.63, 3.8) is 0 Å². The molecule has 0 bridgehead atoms. The fourth-order valence-corrected chi connectivity index (χ4v) is 3.76. The molecule has 1 unspecified atom stereocenters. The number of carbonyl (C=O) groups is 2. The van der Waals surface area contributed by atoms with Crippen LogP contribution in [-0.2, 0) is 11.2 Å². The van der Waals surface area contributed by atoms with E-state index in [9.17, 15) is 9.59 Å². The number of nitrogens with zero attached hydrogens (tertiary/aromatic N) is 1. The number of carbonyl (C=O) groups excluding carboxylic acids is 2. The molecule has 9 nitrogen and oxygen atoms in total. The van der Waals surface area contributed by atoms with E-state index >= 15 is 0 Å². The highest BCUT2D eigenvalue weighted by Crippen LogP contribution is 2.49.